The molecule has 0 aliphatic carbocycles. The van der Waals surface area contributed by atoms with E-state index < -0.39 is 7.52 Å². The molecule has 0 N–H and O–H groups in total. The Bertz CT molecular complexity index is 157. The largest absolute Gasteiger partial charge is 0.315 e. The first kappa shape index (κ1) is 11.2. The lowest BCUT2D eigenvalue weighted by Crippen LogP contribution is -2.15. The van der Waals surface area contributed by atoms with Gasteiger partial charge in [-0.2, -0.15) is 0 Å². The molecule has 0 aliphatic rings. The second kappa shape index (κ2) is 4.24. The molecule has 0 aromatic rings. The van der Waals surface area contributed by atoms with E-state index in [1.54, 1.807) is 18.8 Å². The third-order valence-electron chi connectivity index (χ3n) is 1.38. The molecule has 0 aromatic heterocycles. The van der Waals surface area contributed by atoms with Crippen molar-refractivity contribution < 1.29 is 9.09 Å². The van der Waals surface area contributed by atoms with Crippen LogP contribution in [-0.4, -0.2) is 31.0 Å². The summed E-state index contributed by atoms with van der Waals surface area (Å²) in [5, 5.41) is 0. The Kier molecular flexibility index (Phi) is 4.30. The standard InChI is InChI=1S/C7H18NO2P/c1-6-11(9,8(4)5)10-7(2)3/h7H,6H2,1-5H3. The molecular weight excluding hydrogens is 161 g/mol. The third-order valence-corrected chi connectivity index (χ3v) is 4.15. The van der Waals surface area contributed by atoms with Gasteiger partial charge < -0.3 is 4.52 Å². The van der Waals surface area contributed by atoms with Crippen molar-refractivity contribution in [1.82, 2.24) is 4.67 Å². The van der Waals surface area contributed by atoms with E-state index in [1.807, 2.05) is 20.8 Å². The van der Waals surface area contributed by atoms with Gasteiger partial charge in [0.25, 0.3) is 7.52 Å². The van der Waals surface area contributed by atoms with E-state index >= 15 is 0 Å². The maximum Gasteiger partial charge on any atom is 0.271 e. The Hall–Kier alpha value is 0.150. The van der Waals surface area contributed by atoms with Gasteiger partial charge in [-0.3, -0.25) is 4.57 Å². The van der Waals surface area contributed by atoms with Crippen LogP contribution in [0.25, 0.3) is 0 Å². The predicted molar refractivity (Wildman–Crippen MR) is 48.1 cm³/mol. The van der Waals surface area contributed by atoms with Gasteiger partial charge in [0.05, 0.1) is 6.10 Å². The smallest absolute Gasteiger partial charge is 0.271 e. The van der Waals surface area contributed by atoms with Crippen LogP contribution >= 0.6 is 7.52 Å². The van der Waals surface area contributed by atoms with Gasteiger partial charge in [-0.25, -0.2) is 4.67 Å². The van der Waals surface area contributed by atoms with Crippen LogP contribution in [0, 0.1) is 0 Å². The van der Waals surface area contributed by atoms with Crippen LogP contribution < -0.4 is 0 Å². The summed E-state index contributed by atoms with van der Waals surface area (Å²) < 4.78 is 18.8. The summed E-state index contributed by atoms with van der Waals surface area (Å²) in [5.41, 5.74) is 0. The predicted octanol–water partition coefficient (Wildman–Crippen LogP) is 2.19. The van der Waals surface area contributed by atoms with Crippen LogP contribution in [0.3, 0.4) is 0 Å². The highest BCUT2D eigenvalue weighted by molar-refractivity contribution is 7.56. The van der Waals surface area contributed by atoms with Crippen LogP contribution in [0.15, 0.2) is 0 Å². The Morgan fingerprint density at radius 2 is 1.91 bits per heavy atom. The van der Waals surface area contributed by atoms with E-state index in [9.17, 15) is 4.57 Å². The van der Waals surface area contributed by atoms with E-state index in [0.29, 0.717) is 6.16 Å². The van der Waals surface area contributed by atoms with Crippen molar-refractivity contribution in [3.63, 3.8) is 0 Å². The fourth-order valence-corrected chi connectivity index (χ4v) is 2.34. The molecule has 0 saturated carbocycles. The zero-order chi connectivity index (χ0) is 9.07. The van der Waals surface area contributed by atoms with Gasteiger partial charge in [0, 0.05) is 6.16 Å². The maximum atomic E-state index is 11.8. The van der Waals surface area contributed by atoms with Gasteiger partial charge in [-0.1, -0.05) is 6.92 Å². The molecule has 0 aromatic carbocycles. The quantitative estimate of drug-likeness (QED) is 0.619. The van der Waals surface area contributed by atoms with Crippen LogP contribution in [-0.2, 0) is 9.09 Å². The average molecular weight is 179 g/mol. The summed E-state index contributed by atoms with van der Waals surface area (Å²) in [7, 11) is 1.07. The molecule has 0 bridgehead atoms. The molecule has 0 fully saturated rings. The summed E-state index contributed by atoms with van der Waals surface area (Å²) in [6.45, 7) is 5.67. The Morgan fingerprint density at radius 3 is 2.00 bits per heavy atom. The van der Waals surface area contributed by atoms with E-state index in [4.69, 9.17) is 4.52 Å². The molecule has 11 heavy (non-hydrogen) atoms. The summed E-state index contributed by atoms with van der Waals surface area (Å²) in [6, 6.07) is 0. The van der Waals surface area contributed by atoms with E-state index in [0.717, 1.165) is 0 Å². The van der Waals surface area contributed by atoms with Crippen molar-refractivity contribution in [2.45, 2.75) is 26.9 Å². The molecule has 0 spiro atoms. The van der Waals surface area contributed by atoms with Gasteiger partial charge in [0.1, 0.15) is 0 Å². The third kappa shape index (κ3) is 3.37. The molecule has 0 rings (SSSR count). The lowest BCUT2D eigenvalue weighted by Gasteiger charge is -2.25. The van der Waals surface area contributed by atoms with E-state index in [-0.39, 0.29) is 6.10 Å². The minimum absolute atomic E-state index is 0.0307. The average Bonchev–Trinajstić information content (AvgIpc) is 1.86. The molecule has 0 heterocycles. The van der Waals surface area contributed by atoms with Gasteiger partial charge in [0.15, 0.2) is 0 Å². The zero-order valence-corrected chi connectivity index (χ0v) is 8.89. The molecule has 0 amide bonds. The van der Waals surface area contributed by atoms with Gasteiger partial charge in [-0.15, -0.1) is 0 Å². The molecule has 0 saturated heterocycles. The first-order valence-corrected chi connectivity index (χ1v) is 5.64. The zero-order valence-electron chi connectivity index (χ0n) is 8.00. The van der Waals surface area contributed by atoms with Gasteiger partial charge >= 0.3 is 0 Å². The second-order valence-corrected chi connectivity index (χ2v) is 5.87. The summed E-state index contributed by atoms with van der Waals surface area (Å²) in [5.74, 6) is 0. The number of rotatable bonds is 4. The van der Waals surface area contributed by atoms with Crippen molar-refractivity contribution in [2.75, 3.05) is 20.3 Å². The van der Waals surface area contributed by atoms with Crippen LogP contribution in [0.2, 0.25) is 0 Å². The van der Waals surface area contributed by atoms with Crippen molar-refractivity contribution in [3.05, 3.63) is 0 Å². The monoisotopic (exact) mass is 179 g/mol. The van der Waals surface area contributed by atoms with Crippen molar-refractivity contribution in [2.24, 2.45) is 0 Å². The first-order chi connectivity index (χ1) is 4.92. The highest BCUT2D eigenvalue weighted by Crippen LogP contribution is 2.49. The maximum absolute atomic E-state index is 11.8. The first-order valence-electron chi connectivity index (χ1n) is 3.87. The van der Waals surface area contributed by atoms with Crippen molar-refractivity contribution in [1.29, 1.82) is 0 Å². The molecule has 4 heteroatoms. The van der Waals surface area contributed by atoms with E-state index in [2.05, 4.69) is 0 Å². The van der Waals surface area contributed by atoms with Crippen molar-refractivity contribution in [3.8, 4) is 0 Å². The van der Waals surface area contributed by atoms with E-state index in [1.165, 1.54) is 0 Å². The minimum atomic E-state index is -2.49. The fourth-order valence-electron chi connectivity index (χ4n) is 0.781. The molecule has 68 valence electrons. The number of hydrogen-bond donors (Lipinski definition) is 0. The molecule has 1 atom stereocenters. The Labute approximate surface area is 69.2 Å². The van der Waals surface area contributed by atoms with Crippen LogP contribution in [0.1, 0.15) is 20.8 Å². The highest BCUT2D eigenvalue weighted by Gasteiger charge is 2.24. The Balaban J connectivity index is 4.24. The molecule has 3 nitrogen and oxygen atoms in total. The molecular formula is C7H18NO2P. The van der Waals surface area contributed by atoms with Crippen LogP contribution in [0.5, 0.6) is 0 Å². The summed E-state index contributed by atoms with van der Waals surface area (Å²) in [4.78, 5) is 0. The SMILES string of the molecule is CCP(=O)(OC(C)C)N(C)C. The number of hydrogen-bond acceptors (Lipinski definition) is 2. The topological polar surface area (TPSA) is 29.5 Å². The Morgan fingerprint density at radius 1 is 1.45 bits per heavy atom. The molecule has 1 unspecified atom stereocenters. The lowest BCUT2D eigenvalue weighted by atomic mass is 10.5. The van der Waals surface area contributed by atoms with Crippen LogP contribution in [0.4, 0.5) is 0 Å². The lowest BCUT2D eigenvalue weighted by molar-refractivity contribution is 0.221. The fraction of sp³-hybridized carbons (Fsp3) is 1.00. The van der Waals surface area contributed by atoms with Crippen molar-refractivity contribution >= 4 is 7.52 Å². The number of nitrogens with zero attached hydrogens (tertiary/aromatic N) is 1. The van der Waals surface area contributed by atoms with Gasteiger partial charge in [-0.05, 0) is 27.9 Å². The summed E-state index contributed by atoms with van der Waals surface area (Å²) >= 11 is 0. The molecule has 0 aliphatic heterocycles. The van der Waals surface area contributed by atoms with Gasteiger partial charge in [0.2, 0.25) is 0 Å². The highest BCUT2D eigenvalue weighted by atomic mass is 31.2. The normalized spacial score (nSPS) is 17.4. The second-order valence-electron chi connectivity index (χ2n) is 2.96. The summed E-state index contributed by atoms with van der Waals surface area (Å²) in [6.07, 6.45) is 0.598. The minimum Gasteiger partial charge on any atom is -0.315 e. The molecule has 0 radical (unpaired) electrons.